The zero-order valence-electron chi connectivity index (χ0n) is 16.6. The molecule has 1 saturated heterocycles. The molecule has 9 heteroatoms. The third-order valence-electron chi connectivity index (χ3n) is 4.91. The molecule has 0 bridgehead atoms. The van der Waals surface area contributed by atoms with Crippen molar-refractivity contribution in [2.45, 2.75) is 37.9 Å². The highest BCUT2D eigenvalue weighted by Crippen LogP contribution is 2.33. The van der Waals surface area contributed by atoms with Gasteiger partial charge in [-0.2, -0.15) is 13.2 Å². The lowest BCUT2D eigenvalue weighted by Crippen LogP contribution is -2.38. The van der Waals surface area contributed by atoms with Crippen molar-refractivity contribution in [2.75, 3.05) is 25.6 Å². The van der Waals surface area contributed by atoms with E-state index in [1.54, 1.807) is 23.4 Å². The number of rotatable bonds is 5. The molecule has 1 aliphatic rings. The molecule has 1 unspecified atom stereocenters. The third-order valence-corrected chi connectivity index (χ3v) is 4.91. The Morgan fingerprint density at radius 1 is 1.17 bits per heavy atom. The SMILES string of the molecule is COc1ccc(NC(=O)N2CCCCCC2c2ccncc2)cc1OCC(F)(F)F. The van der Waals surface area contributed by atoms with E-state index in [4.69, 9.17) is 9.47 Å². The molecule has 0 radical (unpaired) electrons. The van der Waals surface area contributed by atoms with Gasteiger partial charge in [0.25, 0.3) is 0 Å². The smallest absolute Gasteiger partial charge is 0.422 e. The summed E-state index contributed by atoms with van der Waals surface area (Å²) in [6.07, 6.45) is 2.68. The second-order valence-electron chi connectivity index (χ2n) is 7.04. The van der Waals surface area contributed by atoms with Gasteiger partial charge < -0.3 is 19.7 Å². The molecule has 1 aliphatic heterocycles. The number of likely N-dealkylation sites (tertiary alicyclic amines) is 1. The van der Waals surface area contributed by atoms with Gasteiger partial charge in [-0.25, -0.2) is 4.79 Å². The molecule has 0 saturated carbocycles. The highest BCUT2D eigenvalue weighted by molar-refractivity contribution is 5.90. The average Bonchev–Trinajstić information content (AvgIpc) is 2.99. The van der Waals surface area contributed by atoms with Gasteiger partial charge in [-0.3, -0.25) is 4.98 Å². The highest BCUT2D eigenvalue weighted by atomic mass is 19.4. The highest BCUT2D eigenvalue weighted by Gasteiger charge is 2.30. The maximum absolute atomic E-state index is 13.0. The van der Waals surface area contributed by atoms with Gasteiger partial charge in [0.15, 0.2) is 18.1 Å². The van der Waals surface area contributed by atoms with Gasteiger partial charge in [0, 0.05) is 30.7 Å². The van der Waals surface area contributed by atoms with Crippen molar-refractivity contribution < 1.29 is 27.4 Å². The lowest BCUT2D eigenvalue weighted by atomic mass is 10.0. The summed E-state index contributed by atoms with van der Waals surface area (Å²) in [7, 11) is 1.34. The maximum Gasteiger partial charge on any atom is 0.422 e. The van der Waals surface area contributed by atoms with Gasteiger partial charge in [-0.15, -0.1) is 0 Å². The number of hydrogen-bond donors (Lipinski definition) is 1. The number of carbonyl (C=O) groups is 1. The van der Waals surface area contributed by atoms with E-state index < -0.39 is 12.8 Å². The number of nitrogens with one attached hydrogen (secondary N) is 1. The molecule has 30 heavy (non-hydrogen) atoms. The van der Waals surface area contributed by atoms with Crippen LogP contribution in [0, 0.1) is 0 Å². The molecule has 1 N–H and O–H groups in total. The van der Waals surface area contributed by atoms with E-state index in [0.29, 0.717) is 12.2 Å². The summed E-state index contributed by atoms with van der Waals surface area (Å²) in [4.78, 5) is 18.8. The van der Waals surface area contributed by atoms with Gasteiger partial charge >= 0.3 is 12.2 Å². The average molecular weight is 423 g/mol. The Balaban J connectivity index is 1.77. The fraction of sp³-hybridized carbons (Fsp3) is 0.429. The fourth-order valence-corrected chi connectivity index (χ4v) is 3.51. The predicted molar refractivity (Wildman–Crippen MR) is 106 cm³/mol. The van der Waals surface area contributed by atoms with Crippen LogP contribution in [0.1, 0.15) is 37.3 Å². The first-order chi connectivity index (χ1) is 14.4. The number of carbonyl (C=O) groups excluding carboxylic acids is 1. The number of alkyl halides is 3. The quantitative estimate of drug-likeness (QED) is 0.720. The Labute approximate surface area is 173 Å². The second kappa shape index (κ2) is 9.69. The molecule has 162 valence electrons. The van der Waals surface area contributed by atoms with Crippen molar-refractivity contribution >= 4 is 11.7 Å². The van der Waals surface area contributed by atoms with E-state index in [0.717, 1.165) is 31.2 Å². The van der Waals surface area contributed by atoms with Crippen LogP contribution in [0.25, 0.3) is 0 Å². The Hall–Kier alpha value is -2.97. The van der Waals surface area contributed by atoms with Gasteiger partial charge in [0.2, 0.25) is 0 Å². The summed E-state index contributed by atoms with van der Waals surface area (Å²) in [6, 6.07) is 7.75. The molecule has 1 fully saturated rings. The van der Waals surface area contributed by atoms with Gasteiger partial charge in [0.05, 0.1) is 13.2 Å². The predicted octanol–water partition coefficient (Wildman–Crippen LogP) is 5.18. The van der Waals surface area contributed by atoms with E-state index >= 15 is 0 Å². The largest absolute Gasteiger partial charge is 0.493 e. The molecule has 3 rings (SSSR count). The standard InChI is InChI=1S/C21H24F3N3O3/c1-29-18-7-6-16(13-19(18)30-14-21(22,23)24)26-20(28)27-12-4-2-3-5-17(27)15-8-10-25-11-9-15/h6-11,13,17H,2-5,12,14H2,1H3,(H,26,28). The molecule has 2 heterocycles. The first-order valence-corrected chi connectivity index (χ1v) is 9.72. The van der Waals surface area contributed by atoms with Crippen LogP contribution in [0.15, 0.2) is 42.7 Å². The van der Waals surface area contributed by atoms with Gasteiger partial charge in [0.1, 0.15) is 0 Å². The first-order valence-electron chi connectivity index (χ1n) is 9.72. The van der Waals surface area contributed by atoms with Crippen molar-refractivity contribution in [1.82, 2.24) is 9.88 Å². The zero-order valence-corrected chi connectivity index (χ0v) is 16.6. The summed E-state index contributed by atoms with van der Waals surface area (Å²) in [5.41, 5.74) is 1.33. The Bertz CT molecular complexity index is 846. The molecule has 1 atom stereocenters. The number of hydrogen-bond acceptors (Lipinski definition) is 4. The molecule has 1 aromatic carbocycles. The number of aromatic nitrogens is 1. The number of ether oxygens (including phenoxy) is 2. The topological polar surface area (TPSA) is 63.7 Å². The van der Waals surface area contributed by atoms with E-state index in [9.17, 15) is 18.0 Å². The van der Waals surface area contributed by atoms with Crippen LogP contribution in [-0.4, -0.2) is 42.4 Å². The van der Waals surface area contributed by atoms with Gasteiger partial charge in [-0.05, 0) is 42.7 Å². The number of halogens is 3. The zero-order chi connectivity index (χ0) is 21.6. The molecular formula is C21H24F3N3O3. The molecule has 2 aromatic rings. The van der Waals surface area contributed by atoms with Gasteiger partial charge in [-0.1, -0.05) is 12.8 Å². The van der Waals surface area contributed by atoms with E-state index in [2.05, 4.69) is 10.3 Å². The molecule has 0 aliphatic carbocycles. The monoisotopic (exact) mass is 423 g/mol. The van der Waals surface area contributed by atoms with Crippen molar-refractivity contribution in [2.24, 2.45) is 0 Å². The van der Waals surface area contributed by atoms with Crippen LogP contribution in [-0.2, 0) is 0 Å². The first kappa shape index (κ1) is 21.7. The normalized spacial score (nSPS) is 17.2. The van der Waals surface area contributed by atoms with Crippen molar-refractivity contribution in [3.63, 3.8) is 0 Å². The Morgan fingerprint density at radius 2 is 1.93 bits per heavy atom. The van der Waals surface area contributed by atoms with Crippen LogP contribution in [0.5, 0.6) is 11.5 Å². The summed E-state index contributed by atoms with van der Waals surface area (Å²) in [5.74, 6) is 0.0656. The van der Waals surface area contributed by atoms with Crippen LogP contribution >= 0.6 is 0 Å². The molecule has 6 nitrogen and oxygen atoms in total. The molecule has 0 spiro atoms. The number of pyridine rings is 1. The lowest BCUT2D eigenvalue weighted by molar-refractivity contribution is -0.153. The fourth-order valence-electron chi connectivity index (χ4n) is 3.51. The van der Waals surface area contributed by atoms with Crippen molar-refractivity contribution in [3.8, 4) is 11.5 Å². The van der Waals surface area contributed by atoms with Crippen molar-refractivity contribution in [3.05, 3.63) is 48.3 Å². The molecule has 1 aromatic heterocycles. The number of methoxy groups -OCH3 is 1. The van der Waals surface area contributed by atoms with E-state index in [1.807, 2.05) is 12.1 Å². The Kier molecular flexibility index (Phi) is 7.02. The van der Waals surface area contributed by atoms with E-state index in [-0.39, 0.29) is 23.6 Å². The van der Waals surface area contributed by atoms with E-state index in [1.165, 1.54) is 19.2 Å². The summed E-state index contributed by atoms with van der Waals surface area (Å²) in [5, 5.41) is 2.78. The molecular weight excluding hydrogens is 399 g/mol. The number of benzene rings is 1. The minimum absolute atomic E-state index is 0.0882. The summed E-state index contributed by atoms with van der Waals surface area (Å²) < 4.78 is 47.5. The summed E-state index contributed by atoms with van der Waals surface area (Å²) >= 11 is 0. The van der Waals surface area contributed by atoms with Crippen LogP contribution in [0.2, 0.25) is 0 Å². The van der Waals surface area contributed by atoms with Crippen LogP contribution in [0.3, 0.4) is 0 Å². The number of anilines is 1. The number of nitrogens with zero attached hydrogens (tertiary/aromatic N) is 2. The minimum Gasteiger partial charge on any atom is -0.493 e. The minimum atomic E-state index is -4.48. The molecule has 2 amide bonds. The number of urea groups is 1. The maximum atomic E-state index is 13.0. The second-order valence-corrected chi connectivity index (χ2v) is 7.04. The third kappa shape index (κ3) is 5.77. The summed E-state index contributed by atoms with van der Waals surface area (Å²) in [6.45, 7) is -0.858. The number of amides is 2. The Morgan fingerprint density at radius 3 is 2.63 bits per heavy atom. The lowest BCUT2D eigenvalue weighted by Gasteiger charge is -2.30. The van der Waals surface area contributed by atoms with Crippen LogP contribution < -0.4 is 14.8 Å². The van der Waals surface area contributed by atoms with Crippen molar-refractivity contribution in [1.29, 1.82) is 0 Å². The van der Waals surface area contributed by atoms with Crippen LogP contribution in [0.4, 0.5) is 23.7 Å².